The number of hydrogen-bond acceptors (Lipinski definition) is 4. The highest BCUT2D eigenvalue weighted by atomic mass is 19.1. The summed E-state index contributed by atoms with van der Waals surface area (Å²) < 4.78 is 16.5. The highest BCUT2D eigenvalue weighted by Gasteiger charge is 2.45. The molecule has 7 heteroatoms. The number of nitriles is 1. The lowest BCUT2D eigenvalue weighted by Crippen LogP contribution is -2.24. The SMILES string of the molecule is N#Cc1ccc(C2CC(O)(c3cccc(-c4ccn[nH]4)c3)c3cncn32)c(F)c1. The average molecular weight is 385 g/mol. The Hall–Kier alpha value is -3.76. The lowest BCUT2D eigenvalue weighted by atomic mass is 9.85. The number of aromatic nitrogens is 4. The van der Waals surface area contributed by atoms with Crippen LogP contribution in [0, 0.1) is 17.1 Å². The Labute approximate surface area is 165 Å². The topological polar surface area (TPSA) is 90.5 Å². The molecule has 142 valence electrons. The van der Waals surface area contributed by atoms with Crippen LogP contribution < -0.4 is 0 Å². The van der Waals surface area contributed by atoms with Gasteiger partial charge in [0.1, 0.15) is 11.4 Å². The van der Waals surface area contributed by atoms with Gasteiger partial charge in [0.05, 0.1) is 41.6 Å². The first-order valence-electron chi connectivity index (χ1n) is 9.14. The summed E-state index contributed by atoms with van der Waals surface area (Å²) in [5, 5.41) is 27.6. The van der Waals surface area contributed by atoms with Gasteiger partial charge in [-0.2, -0.15) is 10.4 Å². The van der Waals surface area contributed by atoms with Gasteiger partial charge in [-0.05, 0) is 35.4 Å². The lowest BCUT2D eigenvalue weighted by molar-refractivity contribution is 0.0793. The molecule has 2 aromatic carbocycles. The first-order valence-corrected chi connectivity index (χ1v) is 9.14. The van der Waals surface area contributed by atoms with E-state index in [1.54, 1.807) is 35.4 Å². The minimum absolute atomic E-state index is 0.262. The number of nitrogens with one attached hydrogen (secondary N) is 1. The van der Waals surface area contributed by atoms with Crippen LogP contribution in [0.25, 0.3) is 11.3 Å². The molecule has 1 aliphatic heterocycles. The summed E-state index contributed by atoms with van der Waals surface area (Å²) in [7, 11) is 0. The number of halogens is 1. The first kappa shape index (κ1) is 17.3. The zero-order valence-corrected chi connectivity index (χ0v) is 15.2. The van der Waals surface area contributed by atoms with Crippen molar-refractivity contribution in [2.45, 2.75) is 18.1 Å². The highest BCUT2D eigenvalue weighted by molar-refractivity contribution is 5.60. The summed E-state index contributed by atoms with van der Waals surface area (Å²) in [4.78, 5) is 4.19. The third-order valence-corrected chi connectivity index (χ3v) is 5.55. The van der Waals surface area contributed by atoms with Crippen LogP contribution in [-0.4, -0.2) is 24.9 Å². The molecule has 5 rings (SSSR count). The Morgan fingerprint density at radius 1 is 1.24 bits per heavy atom. The monoisotopic (exact) mass is 385 g/mol. The number of hydrogen-bond donors (Lipinski definition) is 2. The molecule has 1 aliphatic rings. The van der Waals surface area contributed by atoms with Gasteiger partial charge in [0.25, 0.3) is 0 Å². The molecule has 2 N–H and O–H groups in total. The second kappa shape index (κ2) is 6.40. The Bertz CT molecular complexity index is 1240. The van der Waals surface area contributed by atoms with Crippen LogP contribution >= 0.6 is 0 Å². The van der Waals surface area contributed by atoms with E-state index in [2.05, 4.69) is 15.2 Å². The van der Waals surface area contributed by atoms with Gasteiger partial charge in [-0.15, -0.1) is 0 Å². The molecule has 0 bridgehead atoms. The van der Waals surface area contributed by atoms with E-state index in [1.165, 1.54) is 6.07 Å². The van der Waals surface area contributed by atoms with Crippen molar-refractivity contribution >= 4 is 0 Å². The molecule has 0 radical (unpaired) electrons. The maximum atomic E-state index is 14.7. The average Bonchev–Trinajstić information content (AvgIpc) is 3.48. The molecular weight excluding hydrogens is 369 g/mol. The largest absolute Gasteiger partial charge is 0.379 e. The fraction of sp³-hybridized carbons (Fsp3) is 0.136. The van der Waals surface area contributed by atoms with E-state index in [0.29, 0.717) is 16.8 Å². The van der Waals surface area contributed by atoms with Crippen molar-refractivity contribution < 1.29 is 9.50 Å². The molecule has 4 aromatic rings. The van der Waals surface area contributed by atoms with Crippen molar-refractivity contribution in [2.75, 3.05) is 0 Å². The van der Waals surface area contributed by atoms with Crippen LogP contribution in [0.5, 0.6) is 0 Å². The number of benzene rings is 2. The van der Waals surface area contributed by atoms with Gasteiger partial charge in [0.2, 0.25) is 0 Å². The minimum atomic E-state index is -1.32. The van der Waals surface area contributed by atoms with Crippen LogP contribution in [-0.2, 0) is 5.60 Å². The molecule has 6 nitrogen and oxygen atoms in total. The minimum Gasteiger partial charge on any atom is -0.379 e. The summed E-state index contributed by atoms with van der Waals surface area (Å²) >= 11 is 0. The van der Waals surface area contributed by atoms with E-state index in [1.807, 2.05) is 36.4 Å². The maximum absolute atomic E-state index is 14.7. The van der Waals surface area contributed by atoms with E-state index in [0.717, 1.165) is 11.3 Å². The number of nitrogens with zero attached hydrogens (tertiary/aromatic N) is 4. The third kappa shape index (κ3) is 2.65. The Morgan fingerprint density at radius 2 is 2.14 bits per heavy atom. The highest BCUT2D eigenvalue weighted by Crippen LogP contribution is 2.47. The van der Waals surface area contributed by atoms with Crippen LogP contribution in [0.2, 0.25) is 0 Å². The van der Waals surface area contributed by atoms with E-state index in [4.69, 9.17) is 5.26 Å². The molecule has 29 heavy (non-hydrogen) atoms. The van der Waals surface area contributed by atoms with Gasteiger partial charge >= 0.3 is 0 Å². The van der Waals surface area contributed by atoms with Crippen molar-refractivity contribution in [1.29, 1.82) is 5.26 Å². The van der Waals surface area contributed by atoms with E-state index in [-0.39, 0.29) is 12.0 Å². The van der Waals surface area contributed by atoms with Crippen LogP contribution in [0.3, 0.4) is 0 Å². The summed E-state index contributed by atoms with van der Waals surface area (Å²) in [6.07, 6.45) is 5.16. The number of imidazole rings is 1. The maximum Gasteiger partial charge on any atom is 0.133 e. The van der Waals surface area contributed by atoms with Gasteiger partial charge in [-0.3, -0.25) is 5.10 Å². The van der Waals surface area contributed by atoms with Gasteiger partial charge in [0.15, 0.2) is 0 Å². The van der Waals surface area contributed by atoms with E-state index >= 15 is 0 Å². The zero-order chi connectivity index (χ0) is 20.0. The quantitative estimate of drug-likeness (QED) is 0.565. The van der Waals surface area contributed by atoms with Gasteiger partial charge in [-0.1, -0.05) is 24.3 Å². The van der Waals surface area contributed by atoms with Gasteiger partial charge in [0, 0.05) is 18.2 Å². The van der Waals surface area contributed by atoms with Crippen molar-refractivity contribution in [3.63, 3.8) is 0 Å². The van der Waals surface area contributed by atoms with Crippen LogP contribution in [0.4, 0.5) is 4.39 Å². The number of aromatic amines is 1. The summed E-state index contributed by atoms with van der Waals surface area (Å²) in [6.45, 7) is 0. The molecule has 0 spiro atoms. The van der Waals surface area contributed by atoms with Gasteiger partial charge in [-0.25, -0.2) is 9.37 Å². The number of rotatable bonds is 3. The molecule has 0 aliphatic carbocycles. The second-order valence-corrected chi connectivity index (χ2v) is 7.17. The van der Waals surface area contributed by atoms with Crippen molar-refractivity contribution in [3.05, 3.63) is 95.5 Å². The first-order chi connectivity index (χ1) is 14.1. The summed E-state index contributed by atoms with van der Waals surface area (Å²) in [5.41, 5.74) is 2.40. The fourth-order valence-corrected chi connectivity index (χ4v) is 4.11. The molecule has 0 saturated heterocycles. The predicted octanol–water partition coefficient (Wildman–Crippen LogP) is 3.51. The molecule has 0 saturated carbocycles. The molecule has 0 fully saturated rings. The smallest absolute Gasteiger partial charge is 0.133 e. The molecule has 0 amide bonds. The Kier molecular flexibility index (Phi) is 3.83. The van der Waals surface area contributed by atoms with E-state index in [9.17, 15) is 9.50 Å². The predicted molar refractivity (Wildman–Crippen MR) is 103 cm³/mol. The van der Waals surface area contributed by atoms with E-state index < -0.39 is 17.5 Å². The lowest BCUT2D eigenvalue weighted by Gasteiger charge is -2.24. The summed E-state index contributed by atoms with van der Waals surface area (Å²) in [6, 6.07) is 15.4. The Balaban J connectivity index is 1.60. The molecular formula is C22H16FN5O. The molecule has 3 heterocycles. The summed E-state index contributed by atoms with van der Waals surface area (Å²) in [5.74, 6) is -0.468. The number of aliphatic hydroxyl groups is 1. The van der Waals surface area contributed by atoms with Crippen molar-refractivity contribution in [2.24, 2.45) is 0 Å². The third-order valence-electron chi connectivity index (χ3n) is 5.55. The van der Waals surface area contributed by atoms with Crippen LogP contribution in [0.1, 0.15) is 34.8 Å². The van der Waals surface area contributed by atoms with Gasteiger partial charge < -0.3 is 9.67 Å². The van der Waals surface area contributed by atoms with Crippen LogP contribution in [0.15, 0.2) is 67.3 Å². The van der Waals surface area contributed by atoms with Crippen molar-refractivity contribution in [3.8, 4) is 17.3 Å². The molecule has 2 atom stereocenters. The number of H-pyrrole nitrogens is 1. The fourth-order valence-electron chi connectivity index (χ4n) is 4.11. The zero-order valence-electron chi connectivity index (χ0n) is 15.2. The molecule has 2 unspecified atom stereocenters. The standard InChI is InChI=1S/C22H16FN5O/c23-18-8-14(11-24)4-5-17(18)20-10-22(29,21-12-25-13-28(20)21)16-3-1-2-15(9-16)19-6-7-26-27-19/h1-9,12-13,20,29H,10H2,(H,26,27). The number of fused-ring (bicyclic) bond motifs is 1. The normalized spacial score (nSPS) is 20.4. The Morgan fingerprint density at radius 3 is 2.90 bits per heavy atom. The second-order valence-electron chi connectivity index (χ2n) is 7.17. The molecule has 2 aromatic heterocycles. The van der Waals surface area contributed by atoms with Crippen molar-refractivity contribution in [1.82, 2.24) is 19.7 Å².